The van der Waals surface area contributed by atoms with Crippen molar-refractivity contribution in [2.75, 3.05) is 7.11 Å². The van der Waals surface area contributed by atoms with Crippen molar-refractivity contribution >= 4 is 12.0 Å². The van der Waals surface area contributed by atoms with Crippen LogP contribution < -0.4 is 0 Å². The van der Waals surface area contributed by atoms with Gasteiger partial charge in [-0.25, -0.2) is 0 Å². The van der Waals surface area contributed by atoms with E-state index in [9.17, 15) is 4.79 Å². The largest absolute Gasteiger partial charge is 0.748 e. The Kier molecular flexibility index (Phi) is 8.75. The summed E-state index contributed by atoms with van der Waals surface area (Å²) in [5, 5.41) is 0. The van der Waals surface area contributed by atoms with Gasteiger partial charge in [-0.3, -0.25) is 4.79 Å². The Balaban J connectivity index is 0.000000360. The zero-order chi connectivity index (χ0) is 11.6. The fourth-order valence-electron chi connectivity index (χ4n) is 1.05. The first-order valence-corrected chi connectivity index (χ1v) is 4.97. The SMILES string of the molecule is COC(=O)/C=C/[c-]1cccc1.[Fe].[cH-]1[cH-][cH-][cH-][cH-]1. The van der Waals surface area contributed by atoms with Crippen molar-refractivity contribution in [1.29, 1.82) is 0 Å². The molecule has 0 radical (unpaired) electrons. The summed E-state index contributed by atoms with van der Waals surface area (Å²) in [6, 6.07) is 17.7. The van der Waals surface area contributed by atoms with E-state index in [0.717, 1.165) is 5.56 Å². The van der Waals surface area contributed by atoms with Gasteiger partial charge in [0.05, 0.1) is 7.11 Å². The smallest absolute Gasteiger partial charge is 0.288 e. The number of carbonyl (C=O) groups is 1. The minimum Gasteiger partial charge on any atom is -0.748 e. The van der Waals surface area contributed by atoms with E-state index in [-0.39, 0.29) is 23.0 Å². The van der Waals surface area contributed by atoms with Crippen LogP contribution in [0.2, 0.25) is 0 Å². The second-order valence-corrected chi connectivity index (χ2v) is 3.04. The van der Waals surface area contributed by atoms with Crippen LogP contribution in [-0.2, 0) is 26.6 Å². The van der Waals surface area contributed by atoms with Crippen LogP contribution in [0.4, 0.5) is 0 Å². The predicted molar refractivity (Wildman–Crippen MR) is 65.1 cm³/mol. The Hall–Kier alpha value is -1.57. The molecule has 3 heteroatoms. The van der Waals surface area contributed by atoms with Gasteiger partial charge < -0.3 is 35.1 Å². The van der Waals surface area contributed by atoms with E-state index in [1.54, 1.807) is 6.08 Å². The summed E-state index contributed by atoms with van der Waals surface area (Å²) >= 11 is 0. The van der Waals surface area contributed by atoms with Crippen LogP contribution in [0, 0.1) is 0 Å². The summed E-state index contributed by atoms with van der Waals surface area (Å²) < 4.78 is 4.42. The number of hydrogen-bond donors (Lipinski definition) is 0. The molecule has 0 fully saturated rings. The van der Waals surface area contributed by atoms with Crippen molar-refractivity contribution in [3.63, 3.8) is 0 Å². The summed E-state index contributed by atoms with van der Waals surface area (Å²) in [4.78, 5) is 10.6. The van der Waals surface area contributed by atoms with Crippen LogP contribution >= 0.6 is 0 Å². The molecule has 0 bridgehead atoms. The molecule has 2 nitrogen and oxygen atoms in total. The van der Waals surface area contributed by atoms with E-state index >= 15 is 0 Å². The molecule has 0 saturated heterocycles. The maximum Gasteiger partial charge on any atom is 0.288 e. The number of esters is 1. The van der Waals surface area contributed by atoms with Crippen LogP contribution in [0.1, 0.15) is 5.56 Å². The van der Waals surface area contributed by atoms with Gasteiger partial charge in [-0.2, -0.15) is 12.1 Å². The summed E-state index contributed by atoms with van der Waals surface area (Å²) in [6.45, 7) is 0. The number of ether oxygens (including phenoxy) is 1. The average Bonchev–Trinajstić information content (AvgIpc) is 3.00. The van der Waals surface area contributed by atoms with Crippen LogP contribution in [0.15, 0.2) is 60.7 Å². The first-order valence-electron chi connectivity index (χ1n) is 4.97. The van der Waals surface area contributed by atoms with E-state index in [4.69, 9.17) is 0 Å². The molecule has 0 amide bonds. The molecule has 0 aliphatic rings. The van der Waals surface area contributed by atoms with Crippen LogP contribution in [0.3, 0.4) is 0 Å². The second kappa shape index (κ2) is 9.64. The van der Waals surface area contributed by atoms with Gasteiger partial charge in [0.2, 0.25) is 0 Å². The minimum atomic E-state index is -0.328. The Bertz CT molecular complexity index is 382. The molecule has 0 unspecified atom stereocenters. The average molecular weight is 270 g/mol. The summed E-state index contributed by atoms with van der Waals surface area (Å²) in [7, 11) is 1.36. The zero-order valence-electron chi connectivity index (χ0n) is 9.52. The van der Waals surface area contributed by atoms with Crippen molar-refractivity contribution < 1.29 is 26.6 Å². The fourth-order valence-corrected chi connectivity index (χ4v) is 1.05. The van der Waals surface area contributed by atoms with E-state index in [2.05, 4.69) is 4.74 Å². The third kappa shape index (κ3) is 7.34. The first kappa shape index (κ1) is 15.4. The molecule has 96 valence electrons. The van der Waals surface area contributed by atoms with Crippen molar-refractivity contribution in [3.05, 3.63) is 66.2 Å². The second-order valence-electron chi connectivity index (χ2n) is 3.04. The van der Waals surface area contributed by atoms with E-state index in [1.165, 1.54) is 13.2 Å². The Labute approximate surface area is 112 Å². The molecular formula is C14H14FeO2-6. The molecule has 0 N–H and O–H groups in total. The van der Waals surface area contributed by atoms with Crippen molar-refractivity contribution in [2.24, 2.45) is 0 Å². The molecule has 0 atom stereocenters. The molecule has 0 aliphatic carbocycles. The molecular weight excluding hydrogens is 256 g/mol. The van der Waals surface area contributed by atoms with Gasteiger partial charge in [-0.05, 0) is 6.08 Å². The van der Waals surface area contributed by atoms with Crippen molar-refractivity contribution in [2.45, 2.75) is 0 Å². The topological polar surface area (TPSA) is 26.3 Å². The minimum absolute atomic E-state index is 0. The third-order valence-electron chi connectivity index (χ3n) is 1.86. The molecule has 17 heavy (non-hydrogen) atoms. The van der Waals surface area contributed by atoms with Gasteiger partial charge in [0, 0.05) is 17.1 Å². The van der Waals surface area contributed by atoms with Crippen molar-refractivity contribution in [3.8, 4) is 0 Å². The predicted octanol–water partition coefficient (Wildman–Crippen LogP) is 2.99. The normalized spacial score (nSPS) is 9.00. The first-order chi connectivity index (χ1) is 7.83. The van der Waals surface area contributed by atoms with E-state index in [1.807, 2.05) is 54.6 Å². The third-order valence-corrected chi connectivity index (χ3v) is 1.86. The summed E-state index contributed by atoms with van der Waals surface area (Å²) in [6.07, 6.45) is 3.11. The fraction of sp³-hybridized carbons (Fsp3) is 0.0714. The number of hydrogen-bond acceptors (Lipinski definition) is 2. The zero-order valence-corrected chi connectivity index (χ0v) is 10.6. The molecule has 0 spiro atoms. The Morgan fingerprint density at radius 1 is 1.12 bits per heavy atom. The molecule has 0 aliphatic heterocycles. The van der Waals surface area contributed by atoms with Gasteiger partial charge in [-0.1, -0.05) is 0 Å². The maximum absolute atomic E-state index is 10.6. The van der Waals surface area contributed by atoms with Crippen molar-refractivity contribution in [1.82, 2.24) is 0 Å². The molecule has 2 aromatic carbocycles. The monoisotopic (exact) mass is 270 g/mol. The maximum atomic E-state index is 10.6. The quantitative estimate of drug-likeness (QED) is 0.363. The molecule has 2 aromatic rings. The molecule has 2 rings (SSSR count). The molecule has 0 saturated carbocycles. The van der Waals surface area contributed by atoms with E-state index in [0.29, 0.717) is 0 Å². The van der Waals surface area contributed by atoms with E-state index < -0.39 is 0 Å². The number of methoxy groups -OCH3 is 1. The van der Waals surface area contributed by atoms with Gasteiger partial charge in [0.25, 0.3) is 5.97 Å². The van der Waals surface area contributed by atoms with Gasteiger partial charge >= 0.3 is 0 Å². The van der Waals surface area contributed by atoms with Gasteiger partial charge in [0.1, 0.15) is 0 Å². The Morgan fingerprint density at radius 2 is 1.59 bits per heavy atom. The van der Waals surface area contributed by atoms with Gasteiger partial charge in [-0.15, -0.1) is 23.8 Å². The van der Waals surface area contributed by atoms with Crippen LogP contribution in [-0.4, -0.2) is 13.1 Å². The standard InChI is InChI=1S/C9H9O2.C5H5.Fe/c1-11-9(10)7-6-8-4-2-3-5-8;1-2-4-5-3-1;/h2-7H,1H3;1-5H;/q-1;-5;/b7-6+;;. The summed E-state index contributed by atoms with van der Waals surface area (Å²) in [5.41, 5.74) is 1.01. The van der Waals surface area contributed by atoms with Crippen LogP contribution in [0.25, 0.3) is 6.08 Å². The molecule has 0 aromatic heterocycles. The van der Waals surface area contributed by atoms with Crippen LogP contribution in [0.5, 0.6) is 0 Å². The number of carbonyl (C=O) groups excluding carboxylic acids is 1. The van der Waals surface area contributed by atoms with Gasteiger partial charge in [0.15, 0.2) is 0 Å². The molecule has 0 heterocycles. The number of rotatable bonds is 2. The summed E-state index contributed by atoms with van der Waals surface area (Å²) in [5.74, 6) is -0.328. The Morgan fingerprint density at radius 3 is 2.00 bits per heavy atom.